The van der Waals surface area contributed by atoms with Crippen LogP contribution in [0.5, 0.6) is 0 Å². The number of aliphatic hydroxyl groups is 1. The summed E-state index contributed by atoms with van der Waals surface area (Å²) in [5.41, 5.74) is 1.89. The highest BCUT2D eigenvalue weighted by atomic mass is 79.9. The van der Waals surface area contributed by atoms with Crippen LogP contribution in [0.1, 0.15) is 17.4 Å². The van der Waals surface area contributed by atoms with E-state index in [0.717, 1.165) is 5.69 Å². The summed E-state index contributed by atoms with van der Waals surface area (Å²) in [5.74, 6) is -0.399. The Morgan fingerprint density at radius 1 is 1.10 bits per heavy atom. The predicted octanol–water partition coefficient (Wildman–Crippen LogP) is 3.86. The normalized spacial score (nSPS) is 12.3. The Kier molecular flexibility index (Phi) is 3.86. The van der Waals surface area contributed by atoms with Crippen LogP contribution >= 0.6 is 15.9 Å². The molecule has 0 aliphatic heterocycles. The molecule has 1 aromatic heterocycles. The average molecular weight is 347 g/mol. The fraction of sp³-hybridized carbons (Fsp3) is 0.0625. The van der Waals surface area contributed by atoms with Crippen LogP contribution in [0, 0.1) is 5.82 Å². The van der Waals surface area contributed by atoms with Crippen molar-refractivity contribution >= 4 is 15.9 Å². The maximum absolute atomic E-state index is 13.5. The van der Waals surface area contributed by atoms with Crippen LogP contribution in [-0.2, 0) is 0 Å². The van der Waals surface area contributed by atoms with Gasteiger partial charge in [-0.1, -0.05) is 34.1 Å². The number of aromatic nitrogens is 2. The molecule has 106 valence electrons. The third kappa shape index (κ3) is 2.89. The van der Waals surface area contributed by atoms with Gasteiger partial charge in [0.1, 0.15) is 11.9 Å². The van der Waals surface area contributed by atoms with Gasteiger partial charge >= 0.3 is 0 Å². The Bertz CT molecular complexity index is 738. The third-order valence-corrected chi connectivity index (χ3v) is 3.61. The molecule has 1 N–H and O–H groups in total. The van der Waals surface area contributed by atoms with Crippen molar-refractivity contribution < 1.29 is 9.50 Å². The van der Waals surface area contributed by atoms with Crippen LogP contribution in [-0.4, -0.2) is 14.9 Å². The van der Waals surface area contributed by atoms with Crippen LogP contribution in [0.2, 0.25) is 0 Å². The SMILES string of the molecule is OC(c1cc(F)cc(Br)c1)c1ccnn1-c1ccccc1. The summed E-state index contributed by atoms with van der Waals surface area (Å²) in [5, 5.41) is 14.8. The van der Waals surface area contributed by atoms with Crippen LogP contribution < -0.4 is 0 Å². The molecule has 3 nitrogen and oxygen atoms in total. The van der Waals surface area contributed by atoms with Gasteiger partial charge in [-0.05, 0) is 42.0 Å². The first-order chi connectivity index (χ1) is 10.1. The van der Waals surface area contributed by atoms with E-state index in [2.05, 4.69) is 21.0 Å². The van der Waals surface area contributed by atoms with Gasteiger partial charge in [-0.15, -0.1) is 0 Å². The Balaban J connectivity index is 2.03. The zero-order chi connectivity index (χ0) is 14.8. The molecule has 0 saturated carbocycles. The second-order valence-electron chi connectivity index (χ2n) is 4.61. The van der Waals surface area contributed by atoms with E-state index in [-0.39, 0.29) is 0 Å². The summed E-state index contributed by atoms with van der Waals surface area (Å²) in [6, 6.07) is 15.6. The lowest BCUT2D eigenvalue weighted by molar-refractivity contribution is 0.211. The zero-order valence-corrected chi connectivity index (χ0v) is 12.5. The lowest BCUT2D eigenvalue weighted by atomic mass is 10.1. The van der Waals surface area contributed by atoms with Crippen molar-refractivity contribution in [2.24, 2.45) is 0 Å². The number of benzene rings is 2. The van der Waals surface area contributed by atoms with Crippen LogP contribution in [0.15, 0.2) is 65.3 Å². The van der Waals surface area contributed by atoms with Crippen LogP contribution in [0.4, 0.5) is 4.39 Å². The first kappa shape index (κ1) is 14.0. The standard InChI is InChI=1S/C16H12BrFN2O/c17-12-8-11(9-13(18)10-12)16(21)15-6-7-19-20(15)14-4-2-1-3-5-14/h1-10,16,21H. The molecule has 0 amide bonds. The molecule has 1 atom stereocenters. The Hall–Kier alpha value is -1.98. The van der Waals surface area contributed by atoms with Crippen LogP contribution in [0.3, 0.4) is 0 Å². The monoisotopic (exact) mass is 346 g/mol. The van der Waals surface area contributed by atoms with E-state index < -0.39 is 11.9 Å². The summed E-state index contributed by atoms with van der Waals surface area (Å²) in [7, 11) is 0. The van der Waals surface area contributed by atoms with E-state index in [1.54, 1.807) is 23.0 Å². The van der Waals surface area contributed by atoms with Crippen LogP contribution in [0.25, 0.3) is 5.69 Å². The van der Waals surface area contributed by atoms with E-state index >= 15 is 0 Å². The van der Waals surface area contributed by atoms with Crippen molar-refractivity contribution in [1.29, 1.82) is 0 Å². The summed E-state index contributed by atoms with van der Waals surface area (Å²) >= 11 is 3.23. The number of hydrogen-bond donors (Lipinski definition) is 1. The topological polar surface area (TPSA) is 38.1 Å². The van der Waals surface area contributed by atoms with E-state index in [1.807, 2.05) is 30.3 Å². The van der Waals surface area contributed by atoms with Crippen molar-refractivity contribution in [3.8, 4) is 5.69 Å². The smallest absolute Gasteiger partial charge is 0.124 e. The van der Waals surface area contributed by atoms with E-state index in [1.165, 1.54) is 12.1 Å². The molecule has 1 heterocycles. The maximum Gasteiger partial charge on any atom is 0.124 e. The molecule has 3 aromatic rings. The van der Waals surface area contributed by atoms with Gasteiger partial charge in [0, 0.05) is 10.7 Å². The van der Waals surface area contributed by atoms with Crippen molar-refractivity contribution in [1.82, 2.24) is 9.78 Å². The van der Waals surface area contributed by atoms with E-state index in [9.17, 15) is 9.50 Å². The molecular formula is C16H12BrFN2O. The van der Waals surface area contributed by atoms with Gasteiger partial charge < -0.3 is 5.11 Å². The van der Waals surface area contributed by atoms with Gasteiger partial charge in [-0.3, -0.25) is 0 Å². The summed E-state index contributed by atoms with van der Waals surface area (Å²) in [6.45, 7) is 0. The first-order valence-electron chi connectivity index (χ1n) is 6.38. The minimum atomic E-state index is -0.959. The second kappa shape index (κ2) is 5.79. The Labute approximate surface area is 129 Å². The third-order valence-electron chi connectivity index (χ3n) is 3.15. The number of aliphatic hydroxyl groups excluding tert-OH is 1. The summed E-state index contributed by atoms with van der Waals surface area (Å²) in [4.78, 5) is 0. The molecular weight excluding hydrogens is 335 g/mol. The summed E-state index contributed by atoms with van der Waals surface area (Å²) in [6.07, 6.45) is 0.652. The summed E-state index contributed by atoms with van der Waals surface area (Å²) < 4.78 is 15.7. The molecule has 0 saturated heterocycles. The first-order valence-corrected chi connectivity index (χ1v) is 7.18. The van der Waals surface area contributed by atoms with Gasteiger partial charge in [0.25, 0.3) is 0 Å². The molecule has 5 heteroatoms. The lowest BCUT2D eigenvalue weighted by Gasteiger charge is -2.14. The molecule has 0 fully saturated rings. The largest absolute Gasteiger partial charge is 0.382 e. The number of rotatable bonds is 3. The average Bonchev–Trinajstić information content (AvgIpc) is 2.95. The molecule has 0 bridgehead atoms. The fourth-order valence-electron chi connectivity index (χ4n) is 2.21. The molecule has 0 aliphatic carbocycles. The van der Waals surface area contributed by atoms with Gasteiger partial charge in [-0.2, -0.15) is 5.10 Å². The predicted molar refractivity (Wildman–Crippen MR) is 81.7 cm³/mol. The van der Waals surface area contributed by atoms with Crippen molar-refractivity contribution in [2.45, 2.75) is 6.10 Å². The highest BCUT2D eigenvalue weighted by Gasteiger charge is 2.17. The quantitative estimate of drug-likeness (QED) is 0.781. The van der Waals surface area contributed by atoms with E-state index in [0.29, 0.717) is 15.7 Å². The second-order valence-corrected chi connectivity index (χ2v) is 5.52. The Morgan fingerprint density at radius 3 is 2.57 bits per heavy atom. The van der Waals surface area contributed by atoms with Gasteiger partial charge in [0.15, 0.2) is 0 Å². The molecule has 0 spiro atoms. The molecule has 2 aromatic carbocycles. The van der Waals surface area contributed by atoms with E-state index in [4.69, 9.17) is 0 Å². The zero-order valence-electron chi connectivity index (χ0n) is 10.9. The molecule has 3 rings (SSSR count). The highest BCUT2D eigenvalue weighted by Crippen LogP contribution is 2.27. The number of hydrogen-bond acceptors (Lipinski definition) is 2. The minimum Gasteiger partial charge on any atom is -0.382 e. The number of halogens is 2. The number of para-hydroxylation sites is 1. The molecule has 0 aliphatic rings. The van der Waals surface area contributed by atoms with Gasteiger partial charge in [0.05, 0.1) is 11.4 Å². The van der Waals surface area contributed by atoms with Gasteiger partial charge in [0.2, 0.25) is 0 Å². The number of nitrogens with zero attached hydrogens (tertiary/aromatic N) is 2. The minimum absolute atomic E-state index is 0.399. The fourth-order valence-corrected chi connectivity index (χ4v) is 2.69. The Morgan fingerprint density at radius 2 is 1.86 bits per heavy atom. The molecule has 0 radical (unpaired) electrons. The van der Waals surface area contributed by atoms with Crippen molar-refractivity contribution in [3.05, 3.63) is 82.3 Å². The molecule has 21 heavy (non-hydrogen) atoms. The molecule has 1 unspecified atom stereocenters. The highest BCUT2D eigenvalue weighted by molar-refractivity contribution is 9.10. The van der Waals surface area contributed by atoms with Gasteiger partial charge in [-0.25, -0.2) is 9.07 Å². The lowest BCUT2D eigenvalue weighted by Crippen LogP contribution is -2.08. The maximum atomic E-state index is 13.5. The van der Waals surface area contributed by atoms with Crippen molar-refractivity contribution in [2.75, 3.05) is 0 Å². The van der Waals surface area contributed by atoms with Crippen molar-refractivity contribution in [3.63, 3.8) is 0 Å².